The number of benzene rings is 2. The number of nitrogens with one attached hydrogen (secondary N) is 2. The molecular weight excluding hydrogens is 369 g/mol. The van der Waals surface area contributed by atoms with Crippen LogP contribution in [-0.4, -0.2) is 20.1 Å². The highest BCUT2D eigenvalue weighted by Crippen LogP contribution is 2.19. The van der Waals surface area contributed by atoms with Crippen LogP contribution >= 0.6 is 0 Å². The molecule has 0 heterocycles. The van der Waals surface area contributed by atoms with Crippen LogP contribution in [0.1, 0.15) is 24.2 Å². The van der Waals surface area contributed by atoms with Gasteiger partial charge in [0.25, 0.3) is 5.91 Å². The maximum atomic E-state index is 13.9. The van der Waals surface area contributed by atoms with Gasteiger partial charge in [-0.3, -0.25) is 9.52 Å². The number of amides is 1. The molecule has 2 rings (SSSR count). The Balaban J connectivity index is 2.23. The number of hydrogen-bond acceptors (Lipinski definition) is 3. The van der Waals surface area contributed by atoms with Gasteiger partial charge in [0.15, 0.2) is 11.6 Å². The second-order valence-electron chi connectivity index (χ2n) is 6.05. The van der Waals surface area contributed by atoms with Crippen LogP contribution in [0.15, 0.2) is 36.4 Å². The van der Waals surface area contributed by atoms with Gasteiger partial charge < -0.3 is 5.32 Å². The van der Waals surface area contributed by atoms with Gasteiger partial charge >= 0.3 is 0 Å². The van der Waals surface area contributed by atoms with Crippen LogP contribution in [0.5, 0.6) is 0 Å². The molecule has 1 amide bonds. The van der Waals surface area contributed by atoms with Crippen molar-refractivity contribution in [3.05, 3.63) is 59.4 Å². The Kier molecular flexibility index (Phi) is 5.91. The third-order valence-electron chi connectivity index (χ3n) is 3.21. The summed E-state index contributed by atoms with van der Waals surface area (Å²) < 4.78 is 66.2. The van der Waals surface area contributed by atoms with E-state index in [2.05, 4.69) is 10.0 Å². The summed E-state index contributed by atoms with van der Waals surface area (Å²) in [5.74, 6) is -4.34. The number of sulfonamides is 1. The van der Waals surface area contributed by atoms with E-state index in [1.807, 2.05) is 0 Å². The molecule has 140 valence electrons. The highest BCUT2D eigenvalue weighted by atomic mass is 32.2. The summed E-state index contributed by atoms with van der Waals surface area (Å²) in [6.45, 7) is 3.45. The van der Waals surface area contributed by atoms with Crippen molar-refractivity contribution >= 4 is 27.3 Å². The van der Waals surface area contributed by atoms with E-state index in [0.717, 1.165) is 30.3 Å². The van der Waals surface area contributed by atoms with Crippen molar-refractivity contribution in [2.24, 2.45) is 5.92 Å². The maximum Gasteiger partial charge on any atom is 0.258 e. The Morgan fingerprint density at radius 2 is 1.58 bits per heavy atom. The lowest BCUT2D eigenvalue weighted by Gasteiger charge is -2.12. The number of halogens is 3. The molecule has 0 saturated heterocycles. The molecule has 0 saturated carbocycles. The smallest absolute Gasteiger partial charge is 0.258 e. The SMILES string of the molecule is CC(C)CS(=O)(=O)Nc1ccc(F)c(C(=O)Nc2ccc(F)c(F)c2)c1. The first-order chi connectivity index (χ1) is 12.1. The minimum atomic E-state index is -3.65. The van der Waals surface area contributed by atoms with E-state index >= 15 is 0 Å². The van der Waals surface area contributed by atoms with Gasteiger partial charge in [0.1, 0.15) is 5.82 Å². The summed E-state index contributed by atoms with van der Waals surface area (Å²) in [7, 11) is -3.65. The highest BCUT2D eigenvalue weighted by molar-refractivity contribution is 7.92. The van der Waals surface area contributed by atoms with Crippen LogP contribution in [0.3, 0.4) is 0 Å². The number of carbonyl (C=O) groups is 1. The first-order valence-corrected chi connectivity index (χ1v) is 9.29. The standard InChI is InChI=1S/C17H17F3N2O3S/c1-10(2)9-26(24,25)22-12-4-5-14(18)13(7-12)17(23)21-11-3-6-15(19)16(20)8-11/h3-8,10,22H,9H2,1-2H3,(H,21,23). The molecule has 0 bridgehead atoms. The van der Waals surface area contributed by atoms with Crippen LogP contribution in [0.2, 0.25) is 0 Å². The molecule has 9 heteroatoms. The molecular formula is C17H17F3N2O3S. The van der Waals surface area contributed by atoms with Crippen LogP contribution in [0, 0.1) is 23.4 Å². The van der Waals surface area contributed by atoms with Crippen molar-refractivity contribution in [3.8, 4) is 0 Å². The topological polar surface area (TPSA) is 75.3 Å². The summed E-state index contributed by atoms with van der Waals surface area (Å²) in [5, 5.41) is 2.23. The van der Waals surface area contributed by atoms with Crippen molar-refractivity contribution in [1.82, 2.24) is 0 Å². The molecule has 0 atom stereocenters. The lowest BCUT2D eigenvalue weighted by Crippen LogP contribution is -2.21. The number of carbonyl (C=O) groups excluding carboxylic acids is 1. The van der Waals surface area contributed by atoms with Gasteiger partial charge in [-0.2, -0.15) is 0 Å². The zero-order valence-corrected chi connectivity index (χ0v) is 14.8. The Hall–Kier alpha value is -2.55. The first-order valence-electron chi connectivity index (χ1n) is 7.64. The normalized spacial score (nSPS) is 11.5. The van der Waals surface area contributed by atoms with Gasteiger partial charge in [0.05, 0.1) is 11.3 Å². The predicted octanol–water partition coefficient (Wildman–Crippen LogP) is 3.75. The van der Waals surface area contributed by atoms with Crippen molar-refractivity contribution in [2.75, 3.05) is 15.8 Å². The van der Waals surface area contributed by atoms with E-state index in [9.17, 15) is 26.4 Å². The van der Waals surface area contributed by atoms with E-state index in [0.29, 0.717) is 0 Å². The molecule has 26 heavy (non-hydrogen) atoms. The zero-order chi connectivity index (χ0) is 19.5. The average Bonchev–Trinajstić information content (AvgIpc) is 2.51. The summed E-state index contributed by atoms with van der Waals surface area (Å²) in [5.41, 5.74) is -0.499. The average molecular weight is 386 g/mol. The second kappa shape index (κ2) is 7.77. The molecule has 5 nitrogen and oxygen atoms in total. The van der Waals surface area contributed by atoms with Crippen molar-refractivity contribution in [3.63, 3.8) is 0 Å². The van der Waals surface area contributed by atoms with Crippen molar-refractivity contribution in [1.29, 1.82) is 0 Å². The van der Waals surface area contributed by atoms with Gasteiger partial charge in [-0.15, -0.1) is 0 Å². The lowest BCUT2D eigenvalue weighted by atomic mass is 10.1. The minimum absolute atomic E-state index is 0.0162. The molecule has 0 unspecified atom stereocenters. The Labute approximate surface area is 149 Å². The third kappa shape index (κ3) is 5.22. The van der Waals surface area contributed by atoms with Crippen LogP contribution in [0.25, 0.3) is 0 Å². The molecule has 2 aromatic rings. The van der Waals surface area contributed by atoms with Crippen molar-refractivity contribution in [2.45, 2.75) is 13.8 Å². The van der Waals surface area contributed by atoms with E-state index in [4.69, 9.17) is 0 Å². The molecule has 0 aliphatic rings. The van der Waals surface area contributed by atoms with E-state index in [1.54, 1.807) is 13.8 Å². The summed E-state index contributed by atoms with van der Waals surface area (Å²) >= 11 is 0. The molecule has 0 aromatic heterocycles. The number of hydrogen-bond donors (Lipinski definition) is 2. The van der Waals surface area contributed by atoms with Crippen LogP contribution in [0.4, 0.5) is 24.5 Å². The summed E-state index contributed by atoms with van der Waals surface area (Å²) in [6, 6.07) is 5.83. The molecule has 0 aliphatic carbocycles. The Morgan fingerprint density at radius 3 is 2.19 bits per heavy atom. The lowest BCUT2D eigenvalue weighted by molar-refractivity contribution is 0.102. The molecule has 0 fully saturated rings. The van der Waals surface area contributed by atoms with Crippen molar-refractivity contribution < 1.29 is 26.4 Å². The molecule has 2 N–H and O–H groups in total. The molecule has 0 aliphatic heterocycles. The fourth-order valence-corrected chi connectivity index (χ4v) is 3.64. The fourth-order valence-electron chi connectivity index (χ4n) is 2.20. The molecule has 0 spiro atoms. The van der Waals surface area contributed by atoms with Crippen LogP contribution in [-0.2, 0) is 10.0 Å². The van der Waals surface area contributed by atoms with E-state index < -0.39 is 38.9 Å². The quantitative estimate of drug-likeness (QED) is 0.794. The predicted molar refractivity (Wildman–Crippen MR) is 93.0 cm³/mol. The van der Waals surface area contributed by atoms with Gasteiger partial charge in [0, 0.05) is 17.4 Å². The maximum absolute atomic E-state index is 13.9. The Bertz CT molecular complexity index is 931. The monoisotopic (exact) mass is 386 g/mol. The first kappa shape index (κ1) is 19.8. The largest absolute Gasteiger partial charge is 0.322 e. The second-order valence-corrected chi connectivity index (χ2v) is 7.82. The number of rotatable bonds is 6. The number of anilines is 2. The molecule has 0 radical (unpaired) electrons. The third-order valence-corrected chi connectivity index (χ3v) is 4.87. The molecule has 2 aromatic carbocycles. The Morgan fingerprint density at radius 1 is 0.962 bits per heavy atom. The van der Waals surface area contributed by atoms with Crippen LogP contribution < -0.4 is 10.0 Å². The summed E-state index contributed by atoms with van der Waals surface area (Å²) in [6.07, 6.45) is 0. The van der Waals surface area contributed by atoms with Gasteiger partial charge in [-0.05, 0) is 36.2 Å². The minimum Gasteiger partial charge on any atom is -0.322 e. The van der Waals surface area contributed by atoms with Gasteiger partial charge in [-0.25, -0.2) is 21.6 Å². The van der Waals surface area contributed by atoms with E-state index in [1.165, 1.54) is 6.07 Å². The van der Waals surface area contributed by atoms with Gasteiger partial charge in [-0.1, -0.05) is 13.8 Å². The summed E-state index contributed by atoms with van der Waals surface area (Å²) in [4.78, 5) is 12.2. The van der Waals surface area contributed by atoms with Gasteiger partial charge in [0.2, 0.25) is 10.0 Å². The fraction of sp³-hybridized carbons (Fsp3) is 0.235. The van der Waals surface area contributed by atoms with E-state index in [-0.39, 0.29) is 23.0 Å². The highest BCUT2D eigenvalue weighted by Gasteiger charge is 2.17. The zero-order valence-electron chi connectivity index (χ0n) is 14.0.